The Labute approximate surface area is 117 Å². The molecule has 0 unspecified atom stereocenters. The predicted molar refractivity (Wildman–Crippen MR) is 76.1 cm³/mol. The van der Waals surface area contributed by atoms with Gasteiger partial charge in [-0.25, -0.2) is 0 Å². The second-order valence-corrected chi connectivity index (χ2v) is 4.29. The van der Waals surface area contributed by atoms with Crippen LogP contribution in [0.2, 0.25) is 0 Å². The van der Waals surface area contributed by atoms with Crippen LogP contribution in [-0.2, 0) is 4.79 Å². The van der Waals surface area contributed by atoms with Crippen molar-refractivity contribution in [2.24, 2.45) is 5.73 Å². The normalized spacial score (nSPS) is 16.5. The molecule has 1 aliphatic carbocycles. The number of halogens is 2. The monoisotopic (exact) mass is 285 g/mol. The van der Waals surface area contributed by atoms with E-state index in [0.29, 0.717) is 6.54 Å². The molecule has 1 fully saturated rings. The molecule has 0 aromatic rings. The van der Waals surface area contributed by atoms with E-state index in [0.717, 1.165) is 38.9 Å². The number of likely N-dealkylation sites (N-methyl/N-ethyl adjacent to an activating group) is 1. The molecule has 104 valence electrons. The first-order valence-electron chi connectivity index (χ1n) is 5.92. The van der Waals surface area contributed by atoms with Crippen LogP contribution in [0, 0.1) is 0 Å². The van der Waals surface area contributed by atoms with Crippen molar-refractivity contribution >= 4 is 30.7 Å². The average Bonchev–Trinajstić information content (AvgIpc) is 2.20. The summed E-state index contributed by atoms with van der Waals surface area (Å²) in [7, 11) is 0. The lowest BCUT2D eigenvalue weighted by Gasteiger charge is -2.36. The highest BCUT2D eigenvalue weighted by molar-refractivity contribution is 5.87. The largest absolute Gasteiger partial charge is 0.353 e. The molecule has 1 saturated carbocycles. The molecular weight excluding hydrogens is 261 g/mol. The molecule has 6 heteroatoms. The van der Waals surface area contributed by atoms with Gasteiger partial charge in [0.1, 0.15) is 0 Å². The molecule has 1 aliphatic rings. The van der Waals surface area contributed by atoms with Crippen LogP contribution in [0.1, 0.15) is 33.1 Å². The summed E-state index contributed by atoms with van der Waals surface area (Å²) < 4.78 is 0. The van der Waals surface area contributed by atoms with Gasteiger partial charge >= 0.3 is 0 Å². The predicted octanol–water partition coefficient (Wildman–Crippen LogP) is 1.17. The van der Waals surface area contributed by atoms with E-state index in [4.69, 9.17) is 5.73 Å². The quantitative estimate of drug-likeness (QED) is 0.770. The number of nitrogens with zero attached hydrogens (tertiary/aromatic N) is 1. The summed E-state index contributed by atoms with van der Waals surface area (Å²) in [6.45, 7) is 7.93. The zero-order chi connectivity index (χ0) is 11.3. The van der Waals surface area contributed by atoms with E-state index in [1.54, 1.807) is 0 Å². The second-order valence-electron chi connectivity index (χ2n) is 4.29. The summed E-state index contributed by atoms with van der Waals surface area (Å²) >= 11 is 0. The van der Waals surface area contributed by atoms with E-state index in [-0.39, 0.29) is 30.7 Å². The highest BCUT2D eigenvalue weighted by atomic mass is 35.5. The minimum absolute atomic E-state index is 0. The standard InChI is InChI=1S/C11H23N3O.2ClH/c1-3-14(4-2)9-8-13-10(15)11(12)6-5-7-11;;/h3-9,12H2,1-2H3,(H,13,15);2*1H. The number of amides is 1. The van der Waals surface area contributed by atoms with Crippen molar-refractivity contribution < 1.29 is 4.79 Å². The molecule has 0 aromatic carbocycles. The number of nitrogens with two attached hydrogens (primary N) is 1. The molecule has 0 atom stereocenters. The molecule has 3 N–H and O–H groups in total. The highest BCUT2D eigenvalue weighted by Crippen LogP contribution is 2.28. The van der Waals surface area contributed by atoms with Crippen molar-refractivity contribution in [3.05, 3.63) is 0 Å². The van der Waals surface area contributed by atoms with Crippen molar-refractivity contribution in [3.63, 3.8) is 0 Å². The fourth-order valence-corrected chi connectivity index (χ4v) is 1.83. The fourth-order valence-electron chi connectivity index (χ4n) is 1.83. The minimum Gasteiger partial charge on any atom is -0.353 e. The second kappa shape index (κ2) is 8.97. The van der Waals surface area contributed by atoms with Crippen LogP contribution in [0.4, 0.5) is 0 Å². The molecule has 1 rings (SSSR count). The first-order valence-corrected chi connectivity index (χ1v) is 5.92. The van der Waals surface area contributed by atoms with E-state index < -0.39 is 5.54 Å². The third-order valence-electron chi connectivity index (χ3n) is 3.31. The molecule has 4 nitrogen and oxygen atoms in total. The lowest BCUT2D eigenvalue weighted by atomic mass is 9.77. The van der Waals surface area contributed by atoms with Gasteiger partial charge in [0.2, 0.25) is 5.91 Å². The highest BCUT2D eigenvalue weighted by Gasteiger charge is 2.39. The van der Waals surface area contributed by atoms with Crippen LogP contribution < -0.4 is 11.1 Å². The van der Waals surface area contributed by atoms with E-state index in [1.807, 2.05) is 0 Å². The summed E-state index contributed by atoms with van der Waals surface area (Å²) in [5, 5.41) is 2.92. The van der Waals surface area contributed by atoms with Crippen LogP contribution in [0.15, 0.2) is 0 Å². The molecule has 0 saturated heterocycles. The van der Waals surface area contributed by atoms with Crippen LogP contribution in [-0.4, -0.2) is 42.5 Å². The van der Waals surface area contributed by atoms with Gasteiger partial charge in [0.15, 0.2) is 0 Å². The minimum atomic E-state index is -0.552. The van der Waals surface area contributed by atoms with Crippen molar-refractivity contribution in [2.75, 3.05) is 26.2 Å². The van der Waals surface area contributed by atoms with E-state index in [2.05, 4.69) is 24.1 Å². The third-order valence-corrected chi connectivity index (χ3v) is 3.31. The zero-order valence-electron chi connectivity index (χ0n) is 10.7. The van der Waals surface area contributed by atoms with Gasteiger partial charge in [0.05, 0.1) is 5.54 Å². The lowest BCUT2D eigenvalue weighted by molar-refractivity contribution is -0.129. The molecular formula is C11H25Cl2N3O. The Morgan fingerprint density at radius 3 is 2.18 bits per heavy atom. The molecule has 1 amide bonds. The number of carbonyl (C=O) groups is 1. The number of hydrogen-bond donors (Lipinski definition) is 2. The van der Waals surface area contributed by atoms with E-state index in [9.17, 15) is 4.79 Å². The van der Waals surface area contributed by atoms with Gasteiger partial charge in [0.25, 0.3) is 0 Å². The van der Waals surface area contributed by atoms with Gasteiger partial charge in [-0.2, -0.15) is 0 Å². The molecule has 0 aromatic heterocycles. The third kappa shape index (κ3) is 5.42. The summed E-state index contributed by atoms with van der Waals surface area (Å²) in [6, 6.07) is 0. The molecule has 0 heterocycles. The number of hydrogen-bond acceptors (Lipinski definition) is 3. The van der Waals surface area contributed by atoms with Crippen molar-refractivity contribution in [1.82, 2.24) is 10.2 Å². The Morgan fingerprint density at radius 1 is 1.29 bits per heavy atom. The number of rotatable bonds is 6. The smallest absolute Gasteiger partial charge is 0.240 e. The van der Waals surface area contributed by atoms with Crippen LogP contribution >= 0.6 is 24.8 Å². The molecule has 0 spiro atoms. The van der Waals surface area contributed by atoms with Crippen molar-refractivity contribution in [1.29, 1.82) is 0 Å². The lowest BCUT2D eigenvalue weighted by Crippen LogP contribution is -2.59. The fraction of sp³-hybridized carbons (Fsp3) is 0.909. The van der Waals surface area contributed by atoms with Crippen LogP contribution in [0.25, 0.3) is 0 Å². The van der Waals surface area contributed by atoms with Gasteiger partial charge in [0, 0.05) is 13.1 Å². The van der Waals surface area contributed by atoms with Crippen molar-refractivity contribution in [3.8, 4) is 0 Å². The first-order chi connectivity index (χ1) is 7.12. The Bertz CT molecular complexity index is 219. The topological polar surface area (TPSA) is 58.4 Å². The van der Waals surface area contributed by atoms with Crippen LogP contribution in [0.5, 0.6) is 0 Å². The number of nitrogens with one attached hydrogen (secondary N) is 1. The molecule has 0 bridgehead atoms. The maximum atomic E-state index is 11.7. The zero-order valence-corrected chi connectivity index (χ0v) is 12.3. The molecule has 17 heavy (non-hydrogen) atoms. The summed E-state index contributed by atoms with van der Waals surface area (Å²) in [6.07, 6.45) is 2.76. The Kier molecular flexibility index (Phi) is 10.2. The van der Waals surface area contributed by atoms with Gasteiger partial charge < -0.3 is 16.0 Å². The summed E-state index contributed by atoms with van der Waals surface area (Å²) in [5.41, 5.74) is 5.35. The van der Waals surface area contributed by atoms with Gasteiger partial charge in [-0.3, -0.25) is 4.79 Å². The average molecular weight is 286 g/mol. The maximum Gasteiger partial charge on any atom is 0.240 e. The molecule has 0 radical (unpaired) electrons. The Balaban J connectivity index is 0. The van der Waals surface area contributed by atoms with Gasteiger partial charge in [-0.05, 0) is 32.4 Å². The number of carbonyl (C=O) groups excluding carboxylic acids is 1. The van der Waals surface area contributed by atoms with Crippen LogP contribution in [0.3, 0.4) is 0 Å². The van der Waals surface area contributed by atoms with Gasteiger partial charge in [-0.15, -0.1) is 24.8 Å². The maximum absolute atomic E-state index is 11.7. The Hall–Kier alpha value is -0.0300. The first kappa shape index (κ1) is 19.3. The molecule has 0 aliphatic heterocycles. The van der Waals surface area contributed by atoms with Crippen molar-refractivity contribution in [2.45, 2.75) is 38.6 Å². The van der Waals surface area contributed by atoms with E-state index in [1.165, 1.54) is 0 Å². The SMILES string of the molecule is CCN(CC)CCNC(=O)C1(N)CCC1.Cl.Cl. The summed E-state index contributed by atoms with van der Waals surface area (Å²) in [5.74, 6) is 0.0286. The Morgan fingerprint density at radius 2 is 1.82 bits per heavy atom. The van der Waals surface area contributed by atoms with E-state index >= 15 is 0 Å². The van der Waals surface area contributed by atoms with Gasteiger partial charge in [-0.1, -0.05) is 13.8 Å². The summed E-state index contributed by atoms with van der Waals surface area (Å²) in [4.78, 5) is 13.9.